The van der Waals surface area contributed by atoms with Crippen LogP contribution in [0.2, 0.25) is 0 Å². The zero-order valence-electron chi connectivity index (χ0n) is 8.33. The van der Waals surface area contributed by atoms with Gasteiger partial charge >= 0.3 is 0 Å². The average molecular weight is 211 g/mol. The molecule has 2 heterocycles. The van der Waals surface area contributed by atoms with Gasteiger partial charge in [0.2, 0.25) is 0 Å². The Morgan fingerprint density at radius 1 is 1.64 bits per heavy atom. The monoisotopic (exact) mass is 211 g/mol. The van der Waals surface area contributed by atoms with Crippen molar-refractivity contribution in [1.29, 1.82) is 0 Å². The summed E-state index contributed by atoms with van der Waals surface area (Å²) < 4.78 is 0. The predicted octanol–water partition coefficient (Wildman–Crippen LogP) is 1.23. The molecule has 78 valence electrons. The Balaban J connectivity index is 1.55. The summed E-state index contributed by atoms with van der Waals surface area (Å²) in [5.41, 5.74) is 0. The number of thiazole rings is 1. The lowest BCUT2D eigenvalue weighted by Gasteiger charge is -2.07. The number of hydrogen-bond donors (Lipinski definition) is 2. The fraction of sp³-hybridized carbons (Fsp3) is 0.700. The second-order valence-electron chi connectivity index (χ2n) is 3.75. The molecule has 0 bridgehead atoms. The molecule has 2 rings (SSSR count). The minimum absolute atomic E-state index is 0.888. The third-order valence-electron chi connectivity index (χ3n) is 2.65. The van der Waals surface area contributed by atoms with Crippen molar-refractivity contribution >= 4 is 11.3 Å². The molecule has 3 nitrogen and oxygen atoms in total. The van der Waals surface area contributed by atoms with Crippen molar-refractivity contribution in [2.24, 2.45) is 5.92 Å². The molecule has 1 aromatic heterocycles. The van der Waals surface area contributed by atoms with Crippen molar-refractivity contribution < 1.29 is 0 Å². The normalized spacial score (nSPS) is 21.6. The van der Waals surface area contributed by atoms with Gasteiger partial charge in [-0.3, -0.25) is 0 Å². The molecule has 0 spiro atoms. The van der Waals surface area contributed by atoms with Gasteiger partial charge in [0.05, 0.1) is 0 Å². The van der Waals surface area contributed by atoms with Gasteiger partial charge in [-0.2, -0.15) is 0 Å². The Morgan fingerprint density at radius 2 is 2.64 bits per heavy atom. The van der Waals surface area contributed by atoms with Gasteiger partial charge < -0.3 is 10.6 Å². The summed E-state index contributed by atoms with van der Waals surface area (Å²) in [7, 11) is 0. The number of rotatable bonds is 5. The second kappa shape index (κ2) is 5.44. The van der Waals surface area contributed by atoms with Crippen LogP contribution in [-0.4, -0.2) is 24.6 Å². The van der Waals surface area contributed by atoms with Gasteiger partial charge in [0, 0.05) is 18.1 Å². The Morgan fingerprint density at radius 3 is 3.36 bits per heavy atom. The summed E-state index contributed by atoms with van der Waals surface area (Å²) in [5, 5.41) is 10.0. The molecule has 4 heteroatoms. The van der Waals surface area contributed by atoms with Crippen LogP contribution in [0.25, 0.3) is 0 Å². The molecule has 1 saturated heterocycles. The van der Waals surface area contributed by atoms with Crippen LogP contribution in [0.15, 0.2) is 11.6 Å². The predicted molar refractivity (Wildman–Crippen MR) is 59.4 cm³/mol. The number of hydrogen-bond acceptors (Lipinski definition) is 4. The summed E-state index contributed by atoms with van der Waals surface area (Å²) in [6.07, 6.45) is 4.50. The van der Waals surface area contributed by atoms with E-state index in [1.165, 1.54) is 30.9 Å². The van der Waals surface area contributed by atoms with E-state index in [2.05, 4.69) is 15.6 Å². The maximum absolute atomic E-state index is 4.23. The van der Waals surface area contributed by atoms with E-state index in [-0.39, 0.29) is 0 Å². The van der Waals surface area contributed by atoms with Crippen LogP contribution < -0.4 is 10.6 Å². The molecule has 0 amide bonds. The molecule has 0 saturated carbocycles. The lowest BCUT2D eigenvalue weighted by atomic mass is 10.1. The van der Waals surface area contributed by atoms with E-state index in [1.54, 1.807) is 11.3 Å². The summed E-state index contributed by atoms with van der Waals surface area (Å²) in [6, 6.07) is 0. The fourth-order valence-corrected chi connectivity index (χ4v) is 2.39. The van der Waals surface area contributed by atoms with Gasteiger partial charge in [0.15, 0.2) is 0 Å². The van der Waals surface area contributed by atoms with Crippen molar-refractivity contribution in [3.8, 4) is 0 Å². The van der Waals surface area contributed by atoms with E-state index < -0.39 is 0 Å². The number of nitrogens with one attached hydrogen (secondary N) is 2. The van der Waals surface area contributed by atoms with Gasteiger partial charge in [-0.1, -0.05) is 0 Å². The van der Waals surface area contributed by atoms with Gasteiger partial charge in [-0.05, 0) is 38.4 Å². The average Bonchev–Trinajstić information content (AvgIpc) is 2.86. The minimum atomic E-state index is 0.888. The fourth-order valence-electron chi connectivity index (χ4n) is 1.80. The van der Waals surface area contributed by atoms with Crippen LogP contribution >= 0.6 is 11.3 Å². The van der Waals surface area contributed by atoms with Crippen molar-refractivity contribution in [2.75, 3.05) is 19.6 Å². The Labute approximate surface area is 88.9 Å². The molecule has 1 aromatic rings. The topological polar surface area (TPSA) is 37.0 Å². The number of aromatic nitrogens is 1. The SMILES string of the molecule is c1csc(CNCCC2CCNC2)n1. The van der Waals surface area contributed by atoms with Crippen molar-refractivity contribution in [3.05, 3.63) is 16.6 Å². The lowest BCUT2D eigenvalue weighted by Crippen LogP contribution is -2.18. The van der Waals surface area contributed by atoms with E-state index in [1.807, 2.05) is 11.6 Å². The van der Waals surface area contributed by atoms with E-state index in [9.17, 15) is 0 Å². The van der Waals surface area contributed by atoms with Crippen LogP contribution in [0.1, 0.15) is 17.8 Å². The van der Waals surface area contributed by atoms with E-state index in [0.29, 0.717) is 0 Å². The summed E-state index contributed by atoms with van der Waals surface area (Å²) in [4.78, 5) is 4.23. The smallest absolute Gasteiger partial charge is 0.106 e. The molecule has 1 aliphatic heterocycles. The highest BCUT2D eigenvalue weighted by molar-refractivity contribution is 7.09. The first kappa shape index (κ1) is 10.1. The van der Waals surface area contributed by atoms with Crippen molar-refractivity contribution in [3.63, 3.8) is 0 Å². The zero-order chi connectivity index (χ0) is 9.64. The third kappa shape index (κ3) is 3.04. The Hall–Kier alpha value is -0.450. The van der Waals surface area contributed by atoms with Gasteiger partial charge in [-0.25, -0.2) is 4.98 Å². The van der Waals surface area contributed by atoms with Gasteiger partial charge in [0.1, 0.15) is 5.01 Å². The summed E-state index contributed by atoms with van der Waals surface area (Å²) in [6.45, 7) is 4.46. The molecule has 14 heavy (non-hydrogen) atoms. The summed E-state index contributed by atoms with van der Waals surface area (Å²) >= 11 is 1.72. The zero-order valence-corrected chi connectivity index (χ0v) is 9.15. The number of nitrogens with zero attached hydrogens (tertiary/aromatic N) is 1. The molecule has 0 aliphatic carbocycles. The highest BCUT2D eigenvalue weighted by Crippen LogP contribution is 2.11. The lowest BCUT2D eigenvalue weighted by molar-refractivity contribution is 0.500. The Bertz CT molecular complexity index is 242. The molecule has 0 aromatic carbocycles. The maximum atomic E-state index is 4.23. The van der Waals surface area contributed by atoms with Gasteiger partial charge in [-0.15, -0.1) is 11.3 Å². The van der Waals surface area contributed by atoms with Crippen molar-refractivity contribution in [1.82, 2.24) is 15.6 Å². The van der Waals surface area contributed by atoms with E-state index in [0.717, 1.165) is 19.0 Å². The molecule has 0 radical (unpaired) electrons. The quantitative estimate of drug-likeness (QED) is 0.719. The molecular formula is C10H17N3S. The Kier molecular flexibility index (Phi) is 3.91. The van der Waals surface area contributed by atoms with Crippen molar-refractivity contribution in [2.45, 2.75) is 19.4 Å². The highest BCUT2D eigenvalue weighted by atomic mass is 32.1. The molecule has 1 aliphatic rings. The molecule has 1 unspecified atom stereocenters. The molecular weight excluding hydrogens is 194 g/mol. The van der Waals surface area contributed by atoms with E-state index in [4.69, 9.17) is 0 Å². The first-order valence-corrected chi connectivity index (χ1v) is 6.13. The van der Waals surface area contributed by atoms with Crippen LogP contribution in [0.5, 0.6) is 0 Å². The van der Waals surface area contributed by atoms with Gasteiger partial charge in [0.25, 0.3) is 0 Å². The maximum Gasteiger partial charge on any atom is 0.106 e. The first-order valence-electron chi connectivity index (χ1n) is 5.25. The largest absolute Gasteiger partial charge is 0.316 e. The minimum Gasteiger partial charge on any atom is -0.316 e. The standard InChI is InChI=1S/C10H17N3S/c1-3-11-7-9(1)2-4-12-8-10-13-5-6-14-10/h5-6,9,11-12H,1-4,7-8H2. The van der Waals surface area contributed by atoms with Crippen LogP contribution in [0.3, 0.4) is 0 Å². The van der Waals surface area contributed by atoms with Crippen LogP contribution in [-0.2, 0) is 6.54 Å². The molecule has 1 fully saturated rings. The third-order valence-corrected chi connectivity index (χ3v) is 3.43. The second-order valence-corrected chi connectivity index (χ2v) is 4.73. The summed E-state index contributed by atoms with van der Waals surface area (Å²) in [5.74, 6) is 0.888. The molecule has 2 N–H and O–H groups in total. The van der Waals surface area contributed by atoms with Crippen LogP contribution in [0, 0.1) is 5.92 Å². The molecule has 1 atom stereocenters. The van der Waals surface area contributed by atoms with Crippen LogP contribution in [0.4, 0.5) is 0 Å². The highest BCUT2D eigenvalue weighted by Gasteiger charge is 2.13. The van der Waals surface area contributed by atoms with E-state index >= 15 is 0 Å². The first-order chi connectivity index (χ1) is 6.95.